The second kappa shape index (κ2) is 4.09. The first kappa shape index (κ1) is 12.2. The Labute approximate surface area is 113 Å². The van der Waals surface area contributed by atoms with Crippen molar-refractivity contribution in [3.63, 3.8) is 0 Å². The first-order valence-electron chi connectivity index (χ1n) is 5.12. The molecule has 0 amide bonds. The van der Waals surface area contributed by atoms with Gasteiger partial charge in [-0.3, -0.25) is 0 Å². The van der Waals surface area contributed by atoms with Crippen LogP contribution in [0, 0.1) is 0 Å². The lowest BCUT2D eigenvalue weighted by Crippen LogP contribution is -2.13. The molecule has 3 heterocycles. The molecule has 98 valence electrons. The molecule has 3 aromatic heterocycles. The van der Waals surface area contributed by atoms with Crippen molar-refractivity contribution >= 4 is 21.6 Å². The number of hydrogen-bond acceptors (Lipinski definition) is 3. The molecule has 3 aromatic rings. The first-order valence-corrected chi connectivity index (χ1v) is 5.91. The van der Waals surface area contributed by atoms with Crippen LogP contribution >= 0.6 is 15.9 Å². The second-order valence-electron chi connectivity index (χ2n) is 3.73. The predicted octanol–water partition coefficient (Wildman–Crippen LogP) is 3.77. The van der Waals surface area contributed by atoms with Crippen LogP contribution in [-0.2, 0) is 6.18 Å². The van der Waals surface area contributed by atoms with Gasteiger partial charge < -0.3 is 4.42 Å². The molecule has 0 aliphatic rings. The van der Waals surface area contributed by atoms with Crippen LogP contribution in [0.1, 0.15) is 5.69 Å². The van der Waals surface area contributed by atoms with Crippen LogP contribution in [0.5, 0.6) is 0 Å². The Kier molecular flexibility index (Phi) is 2.63. The zero-order chi connectivity index (χ0) is 13.6. The minimum absolute atomic E-state index is 0.0845. The monoisotopic (exact) mass is 331 g/mol. The minimum atomic E-state index is -4.53. The van der Waals surface area contributed by atoms with Gasteiger partial charge in [0, 0.05) is 0 Å². The van der Waals surface area contributed by atoms with Crippen LogP contribution < -0.4 is 0 Å². The van der Waals surface area contributed by atoms with Gasteiger partial charge in [-0.15, -0.1) is 0 Å². The topological polar surface area (TPSA) is 43.3 Å². The largest absolute Gasteiger partial charge is 0.463 e. The highest BCUT2D eigenvalue weighted by molar-refractivity contribution is 9.10. The molecule has 0 N–H and O–H groups in total. The van der Waals surface area contributed by atoms with Gasteiger partial charge in [-0.1, -0.05) is 0 Å². The molecule has 0 aliphatic carbocycles. The molecule has 8 heteroatoms. The van der Waals surface area contributed by atoms with Crippen molar-refractivity contribution < 1.29 is 17.6 Å². The van der Waals surface area contributed by atoms with Crippen LogP contribution in [0.15, 0.2) is 39.5 Å². The molecule has 0 aromatic carbocycles. The average molecular weight is 332 g/mol. The van der Waals surface area contributed by atoms with E-state index >= 15 is 0 Å². The van der Waals surface area contributed by atoms with Crippen molar-refractivity contribution in [1.82, 2.24) is 14.6 Å². The number of halogens is 4. The molecule has 0 radical (unpaired) electrons. The van der Waals surface area contributed by atoms with Crippen molar-refractivity contribution in [2.45, 2.75) is 6.18 Å². The molecule has 0 saturated heterocycles. The molecule has 0 aliphatic heterocycles. The van der Waals surface area contributed by atoms with Gasteiger partial charge in [0.15, 0.2) is 17.1 Å². The van der Waals surface area contributed by atoms with E-state index in [1.807, 2.05) is 0 Å². The van der Waals surface area contributed by atoms with E-state index in [-0.39, 0.29) is 17.1 Å². The molecule has 0 bridgehead atoms. The Hall–Kier alpha value is -1.83. The van der Waals surface area contributed by atoms with Gasteiger partial charge in [-0.2, -0.15) is 18.3 Å². The fourth-order valence-electron chi connectivity index (χ4n) is 1.69. The van der Waals surface area contributed by atoms with E-state index in [0.717, 1.165) is 10.6 Å². The molecular formula is C11H5BrF3N3O. The van der Waals surface area contributed by atoms with Gasteiger partial charge in [-0.05, 0) is 34.1 Å². The van der Waals surface area contributed by atoms with E-state index in [4.69, 9.17) is 4.42 Å². The zero-order valence-corrected chi connectivity index (χ0v) is 10.7. The predicted molar refractivity (Wildman–Crippen MR) is 63.4 cm³/mol. The third kappa shape index (κ3) is 2.01. The van der Waals surface area contributed by atoms with E-state index in [1.54, 1.807) is 12.1 Å². The van der Waals surface area contributed by atoms with E-state index in [2.05, 4.69) is 26.0 Å². The normalized spacial score (nSPS) is 12.2. The fraction of sp³-hybridized carbons (Fsp3) is 0.0909. The summed E-state index contributed by atoms with van der Waals surface area (Å²) < 4.78 is 45.2. The lowest BCUT2D eigenvalue weighted by molar-refractivity contribution is -0.142. The van der Waals surface area contributed by atoms with Crippen LogP contribution in [0.3, 0.4) is 0 Å². The second-order valence-corrected chi connectivity index (χ2v) is 4.58. The molecule has 19 heavy (non-hydrogen) atoms. The van der Waals surface area contributed by atoms with E-state index in [9.17, 15) is 13.2 Å². The van der Waals surface area contributed by atoms with Gasteiger partial charge in [0.25, 0.3) is 0 Å². The average Bonchev–Trinajstić information content (AvgIpc) is 2.97. The summed E-state index contributed by atoms with van der Waals surface area (Å²) in [5, 5.41) is 3.66. The number of furan rings is 1. The summed E-state index contributed by atoms with van der Waals surface area (Å²) in [6, 6.07) is 4.04. The summed E-state index contributed by atoms with van der Waals surface area (Å²) >= 11 is 3.12. The summed E-state index contributed by atoms with van der Waals surface area (Å²) in [5.74, 6) is 0.265. The summed E-state index contributed by atoms with van der Waals surface area (Å²) in [7, 11) is 0. The molecule has 0 atom stereocenters. The van der Waals surface area contributed by atoms with Crippen LogP contribution in [0.4, 0.5) is 13.2 Å². The maximum absolute atomic E-state index is 13.0. The van der Waals surface area contributed by atoms with Gasteiger partial charge in [0.05, 0.1) is 16.9 Å². The summed E-state index contributed by atoms with van der Waals surface area (Å²) in [6.45, 7) is 0. The SMILES string of the molecule is FC(F)(F)c1cc(-c2ccco2)nc2c(Br)cnn12. The van der Waals surface area contributed by atoms with Crippen LogP contribution in [0.25, 0.3) is 17.1 Å². The molecule has 0 fully saturated rings. The standard InChI is InChI=1S/C11H5BrF3N3O/c12-6-5-16-18-9(11(13,14)15)4-7(17-10(6)18)8-2-1-3-19-8/h1-5H. The maximum atomic E-state index is 13.0. The molecule has 0 spiro atoms. The molecular weight excluding hydrogens is 327 g/mol. The summed E-state index contributed by atoms with van der Waals surface area (Å²) in [4.78, 5) is 4.11. The lowest BCUT2D eigenvalue weighted by Gasteiger charge is -2.10. The highest BCUT2D eigenvalue weighted by atomic mass is 79.9. The van der Waals surface area contributed by atoms with Crippen molar-refractivity contribution in [2.24, 2.45) is 0 Å². The molecule has 0 unspecified atom stereocenters. The van der Waals surface area contributed by atoms with Crippen molar-refractivity contribution in [3.8, 4) is 11.5 Å². The number of alkyl halides is 3. The van der Waals surface area contributed by atoms with Crippen LogP contribution in [0.2, 0.25) is 0 Å². The third-order valence-electron chi connectivity index (χ3n) is 2.49. The Bertz CT molecular complexity index is 734. The number of nitrogens with zero attached hydrogens (tertiary/aromatic N) is 3. The van der Waals surface area contributed by atoms with Crippen molar-refractivity contribution in [3.05, 3.63) is 40.8 Å². The number of aromatic nitrogens is 3. The summed E-state index contributed by atoms with van der Waals surface area (Å²) in [6.07, 6.45) is -1.89. The third-order valence-corrected chi connectivity index (χ3v) is 3.05. The highest BCUT2D eigenvalue weighted by Crippen LogP contribution is 2.33. The van der Waals surface area contributed by atoms with Gasteiger partial charge in [0.2, 0.25) is 0 Å². The Balaban J connectivity index is 2.35. The molecule has 4 nitrogen and oxygen atoms in total. The molecule has 3 rings (SSSR count). The van der Waals surface area contributed by atoms with Gasteiger partial charge in [0.1, 0.15) is 5.69 Å². The smallest absolute Gasteiger partial charge is 0.433 e. The Morgan fingerprint density at radius 3 is 2.74 bits per heavy atom. The van der Waals surface area contributed by atoms with E-state index in [1.165, 1.54) is 12.5 Å². The quantitative estimate of drug-likeness (QED) is 0.681. The maximum Gasteiger partial charge on any atom is 0.433 e. The first-order chi connectivity index (χ1) is 8.97. The van der Waals surface area contributed by atoms with Crippen molar-refractivity contribution in [1.29, 1.82) is 0 Å². The van der Waals surface area contributed by atoms with E-state index in [0.29, 0.717) is 4.47 Å². The molecule has 0 saturated carbocycles. The lowest BCUT2D eigenvalue weighted by atomic mass is 10.2. The minimum Gasteiger partial charge on any atom is -0.463 e. The fourth-order valence-corrected chi connectivity index (χ4v) is 2.04. The van der Waals surface area contributed by atoms with Crippen molar-refractivity contribution in [2.75, 3.05) is 0 Å². The Morgan fingerprint density at radius 2 is 2.11 bits per heavy atom. The summed E-state index contributed by atoms with van der Waals surface area (Å²) in [5.41, 5.74) is -0.721. The number of fused-ring (bicyclic) bond motifs is 1. The van der Waals surface area contributed by atoms with E-state index < -0.39 is 11.9 Å². The number of rotatable bonds is 1. The van der Waals surface area contributed by atoms with Gasteiger partial charge >= 0.3 is 6.18 Å². The number of hydrogen-bond donors (Lipinski definition) is 0. The Morgan fingerprint density at radius 1 is 1.32 bits per heavy atom. The van der Waals surface area contributed by atoms with Crippen LogP contribution in [-0.4, -0.2) is 14.6 Å². The highest BCUT2D eigenvalue weighted by Gasteiger charge is 2.35. The van der Waals surface area contributed by atoms with Gasteiger partial charge in [-0.25, -0.2) is 9.50 Å². The zero-order valence-electron chi connectivity index (χ0n) is 9.15.